The summed E-state index contributed by atoms with van der Waals surface area (Å²) >= 11 is 3.42. The number of benzene rings is 1. The normalized spacial score (nSPS) is 11.4. The van der Waals surface area contributed by atoms with Crippen LogP contribution in [0.1, 0.15) is 38.8 Å². The first kappa shape index (κ1) is 18.1. The molecule has 126 valence electrons. The molecule has 0 atom stereocenters. The molecule has 2 aromatic rings. The summed E-state index contributed by atoms with van der Waals surface area (Å²) in [6.45, 7) is 8.77. The molecule has 1 aromatic heterocycles. The highest BCUT2D eigenvalue weighted by Crippen LogP contribution is 2.22. The van der Waals surface area contributed by atoms with Crippen LogP contribution in [0.3, 0.4) is 0 Å². The third kappa shape index (κ3) is 4.42. The smallest absolute Gasteiger partial charge is 0.193 e. The molecule has 2 rings (SSSR count). The van der Waals surface area contributed by atoms with Crippen molar-refractivity contribution in [3.63, 3.8) is 0 Å². The SMILES string of the molecule is CC(C)N(/N=N/c1c(C#N)cnn1Cc1ccc(Br)cc1)C(C)C. The van der Waals surface area contributed by atoms with Crippen molar-refractivity contribution >= 4 is 21.7 Å². The maximum absolute atomic E-state index is 9.29. The molecule has 1 aromatic carbocycles. The van der Waals surface area contributed by atoms with E-state index in [1.54, 1.807) is 4.68 Å². The number of rotatable bonds is 6. The van der Waals surface area contributed by atoms with Gasteiger partial charge in [0.25, 0.3) is 0 Å². The molecule has 0 spiro atoms. The molecule has 0 N–H and O–H groups in total. The van der Waals surface area contributed by atoms with Gasteiger partial charge in [0.1, 0.15) is 11.6 Å². The van der Waals surface area contributed by atoms with Crippen molar-refractivity contribution in [3.8, 4) is 6.07 Å². The van der Waals surface area contributed by atoms with E-state index in [9.17, 15) is 5.26 Å². The number of nitriles is 1. The summed E-state index contributed by atoms with van der Waals surface area (Å²) in [5.41, 5.74) is 1.50. The molecule has 0 unspecified atom stereocenters. The average Bonchev–Trinajstić information content (AvgIpc) is 2.91. The fourth-order valence-electron chi connectivity index (χ4n) is 2.34. The Morgan fingerprint density at radius 3 is 2.38 bits per heavy atom. The molecule has 0 saturated heterocycles. The summed E-state index contributed by atoms with van der Waals surface area (Å²) in [4.78, 5) is 0. The van der Waals surface area contributed by atoms with Crippen LogP contribution in [0, 0.1) is 11.3 Å². The summed E-state index contributed by atoms with van der Waals surface area (Å²) in [6.07, 6.45) is 1.53. The summed E-state index contributed by atoms with van der Waals surface area (Å²) in [5.74, 6) is 0.478. The highest BCUT2D eigenvalue weighted by molar-refractivity contribution is 9.10. The monoisotopic (exact) mass is 388 g/mol. The van der Waals surface area contributed by atoms with Crippen molar-refractivity contribution in [2.75, 3.05) is 0 Å². The second-order valence-corrected chi connectivity index (χ2v) is 6.95. The van der Waals surface area contributed by atoms with Gasteiger partial charge in [-0.05, 0) is 45.4 Å². The molecule has 0 aliphatic rings. The van der Waals surface area contributed by atoms with Crippen LogP contribution in [0.5, 0.6) is 0 Å². The molecule has 1 heterocycles. The van der Waals surface area contributed by atoms with Gasteiger partial charge in [-0.3, -0.25) is 5.01 Å². The van der Waals surface area contributed by atoms with Crippen LogP contribution < -0.4 is 0 Å². The first-order valence-electron chi connectivity index (χ1n) is 7.82. The van der Waals surface area contributed by atoms with E-state index in [2.05, 4.69) is 65.1 Å². The van der Waals surface area contributed by atoms with E-state index in [1.165, 1.54) is 6.20 Å². The Bertz CT molecular complexity index is 731. The Kier molecular flexibility index (Phi) is 6.10. The number of halogens is 1. The summed E-state index contributed by atoms with van der Waals surface area (Å²) < 4.78 is 2.72. The third-order valence-electron chi connectivity index (χ3n) is 3.48. The van der Waals surface area contributed by atoms with Gasteiger partial charge >= 0.3 is 0 Å². The maximum Gasteiger partial charge on any atom is 0.193 e. The summed E-state index contributed by atoms with van der Waals surface area (Å²) in [5, 5.41) is 24.1. The summed E-state index contributed by atoms with van der Waals surface area (Å²) in [6, 6.07) is 10.5. The molecule has 24 heavy (non-hydrogen) atoms. The largest absolute Gasteiger partial charge is 0.273 e. The fraction of sp³-hybridized carbons (Fsp3) is 0.412. The second kappa shape index (κ2) is 8.06. The van der Waals surface area contributed by atoms with Gasteiger partial charge in [0.15, 0.2) is 5.82 Å². The van der Waals surface area contributed by atoms with E-state index in [4.69, 9.17) is 0 Å². The number of hydrogen-bond acceptors (Lipinski definition) is 4. The van der Waals surface area contributed by atoms with Crippen molar-refractivity contribution in [1.29, 1.82) is 5.26 Å². The Morgan fingerprint density at radius 1 is 1.21 bits per heavy atom. The predicted molar refractivity (Wildman–Crippen MR) is 96.8 cm³/mol. The van der Waals surface area contributed by atoms with Crippen molar-refractivity contribution in [3.05, 3.63) is 46.1 Å². The maximum atomic E-state index is 9.29. The minimum atomic E-state index is 0.224. The molecule has 0 aliphatic carbocycles. The van der Waals surface area contributed by atoms with Crippen LogP contribution >= 0.6 is 15.9 Å². The number of nitrogens with zero attached hydrogens (tertiary/aromatic N) is 6. The van der Waals surface area contributed by atoms with E-state index in [-0.39, 0.29) is 12.1 Å². The molecule has 7 heteroatoms. The number of aromatic nitrogens is 2. The van der Waals surface area contributed by atoms with Gasteiger partial charge in [0.05, 0.1) is 12.7 Å². The molecule has 6 nitrogen and oxygen atoms in total. The molecule has 0 radical (unpaired) electrons. The van der Waals surface area contributed by atoms with Crippen molar-refractivity contribution < 1.29 is 0 Å². The molecule has 0 bridgehead atoms. The predicted octanol–water partition coefficient (Wildman–Crippen LogP) is 4.68. The van der Waals surface area contributed by atoms with Crippen LogP contribution in [-0.2, 0) is 6.54 Å². The lowest BCUT2D eigenvalue weighted by molar-refractivity contribution is 0.169. The van der Waals surface area contributed by atoms with Gasteiger partial charge in [-0.15, -0.1) is 5.11 Å². The van der Waals surface area contributed by atoms with E-state index in [1.807, 2.05) is 29.3 Å². The topological polar surface area (TPSA) is 69.6 Å². The highest BCUT2D eigenvalue weighted by atomic mass is 79.9. The lowest BCUT2D eigenvalue weighted by atomic mass is 10.2. The Morgan fingerprint density at radius 2 is 1.83 bits per heavy atom. The molecule has 0 amide bonds. The van der Waals surface area contributed by atoms with Gasteiger partial charge in [0.2, 0.25) is 0 Å². The van der Waals surface area contributed by atoms with E-state index in [0.717, 1.165) is 10.0 Å². The fourth-order valence-corrected chi connectivity index (χ4v) is 2.60. The van der Waals surface area contributed by atoms with E-state index >= 15 is 0 Å². The minimum Gasteiger partial charge on any atom is -0.273 e. The number of hydrogen-bond donors (Lipinski definition) is 0. The molecule has 0 fully saturated rings. The zero-order valence-electron chi connectivity index (χ0n) is 14.3. The first-order valence-corrected chi connectivity index (χ1v) is 8.62. The molecular formula is C17H21BrN6. The van der Waals surface area contributed by atoms with Crippen molar-refractivity contribution in [1.82, 2.24) is 14.8 Å². The zero-order chi connectivity index (χ0) is 17.7. The van der Waals surface area contributed by atoms with Crippen molar-refractivity contribution in [2.45, 2.75) is 46.3 Å². The van der Waals surface area contributed by atoms with Crippen LogP contribution in [0.15, 0.2) is 45.3 Å². The quantitative estimate of drug-likeness (QED) is 0.532. The van der Waals surface area contributed by atoms with Crippen molar-refractivity contribution in [2.24, 2.45) is 10.3 Å². The van der Waals surface area contributed by atoms with Crippen LogP contribution in [0.25, 0.3) is 0 Å². The highest BCUT2D eigenvalue weighted by Gasteiger charge is 2.14. The van der Waals surface area contributed by atoms with E-state index in [0.29, 0.717) is 17.9 Å². The molecule has 0 aliphatic heterocycles. The lowest BCUT2D eigenvalue weighted by Crippen LogP contribution is -2.31. The molecular weight excluding hydrogens is 368 g/mol. The Balaban J connectivity index is 2.30. The summed E-state index contributed by atoms with van der Waals surface area (Å²) in [7, 11) is 0. The third-order valence-corrected chi connectivity index (χ3v) is 4.01. The minimum absolute atomic E-state index is 0.224. The van der Waals surface area contributed by atoms with Gasteiger partial charge in [-0.25, -0.2) is 4.68 Å². The Labute approximate surface area is 150 Å². The molecule has 0 saturated carbocycles. The van der Waals surface area contributed by atoms with Crippen LogP contribution in [0.2, 0.25) is 0 Å². The van der Waals surface area contributed by atoms with E-state index < -0.39 is 0 Å². The second-order valence-electron chi connectivity index (χ2n) is 6.03. The van der Waals surface area contributed by atoms with Gasteiger partial charge in [0, 0.05) is 16.6 Å². The Hall–Kier alpha value is -2.20. The lowest BCUT2D eigenvalue weighted by Gasteiger charge is -2.25. The van der Waals surface area contributed by atoms with Gasteiger partial charge in [-0.1, -0.05) is 33.3 Å². The van der Waals surface area contributed by atoms with Crippen LogP contribution in [-0.4, -0.2) is 26.9 Å². The van der Waals surface area contributed by atoms with Gasteiger partial charge < -0.3 is 0 Å². The standard InChI is InChI=1S/C17H21BrN6/c1-12(2)24(13(3)4)22-21-17-15(9-19)10-20-23(17)11-14-5-7-16(18)8-6-14/h5-8,10,12-13H,11H2,1-4H3/b22-21+. The van der Waals surface area contributed by atoms with Gasteiger partial charge in [-0.2, -0.15) is 10.4 Å². The zero-order valence-corrected chi connectivity index (χ0v) is 15.9. The first-order chi connectivity index (χ1) is 11.4. The van der Waals surface area contributed by atoms with Crippen LogP contribution in [0.4, 0.5) is 5.82 Å². The average molecular weight is 389 g/mol.